The second kappa shape index (κ2) is 7.73. The minimum absolute atomic E-state index is 0.151. The van der Waals surface area contributed by atoms with E-state index in [9.17, 15) is 0 Å². The van der Waals surface area contributed by atoms with Gasteiger partial charge in [0.25, 0.3) is 0 Å². The number of hydrogen-bond acceptors (Lipinski definition) is 3. The Morgan fingerprint density at radius 1 is 1.29 bits per heavy atom. The number of benzene rings is 1. The molecule has 0 amide bonds. The molecule has 1 N–H and O–H groups in total. The van der Waals surface area contributed by atoms with Crippen LogP contribution in [0, 0.1) is 0 Å². The average Bonchev–Trinajstić information content (AvgIpc) is 2.84. The van der Waals surface area contributed by atoms with Crippen molar-refractivity contribution in [2.75, 3.05) is 13.2 Å². The Bertz CT molecular complexity index is 445. The van der Waals surface area contributed by atoms with E-state index < -0.39 is 0 Å². The van der Waals surface area contributed by atoms with Crippen LogP contribution in [0.5, 0.6) is 0 Å². The molecular weight excluding hydrogens is 330 g/mol. The first-order chi connectivity index (χ1) is 9.92. The molecule has 0 saturated carbocycles. The van der Waals surface area contributed by atoms with Crippen molar-refractivity contribution in [3.63, 3.8) is 0 Å². The van der Waals surface area contributed by atoms with Crippen molar-refractivity contribution in [1.29, 1.82) is 0 Å². The summed E-state index contributed by atoms with van der Waals surface area (Å²) in [5.41, 5.74) is 1.34. The summed E-state index contributed by atoms with van der Waals surface area (Å²) < 4.78 is 12.9. The van der Waals surface area contributed by atoms with Gasteiger partial charge < -0.3 is 14.8 Å². The van der Waals surface area contributed by atoms with E-state index in [-0.39, 0.29) is 11.6 Å². The van der Waals surface area contributed by atoms with Crippen molar-refractivity contribution in [3.05, 3.63) is 34.3 Å². The van der Waals surface area contributed by atoms with Gasteiger partial charge in [-0.05, 0) is 51.3 Å². The molecule has 118 valence electrons. The Labute approximate surface area is 136 Å². The van der Waals surface area contributed by atoms with Gasteiger partial charge in [0.15, 0.2) is 0 Å². The molecule has 2 atom stereocenters. The Hall–Kier alpha value is -0.420. The molecule has 1 saturated heterocycles. The fourth-order valence-corrected chi connectivity index (χ4v) is 2.85. The molecule has 1 fully saturated rings. The fourth-order valence-electron chi connectivity index (χ4n) is 2.41. The lowest BCUT2D eigenvalue weighted by molar-refractivity contribution is -0.0203. The summed E-state index contributed by atoms with van der Waals surface area (Å²) in [6, 6.07) is 8.22. The van der Waals surface area contributed by atoms with Gasteiger partial charge in [0.2, 0.25) is 0 Å². The molecule has 0 bridgehead atoms. The van der Waals surface area contributed by atoms with Gasteiger partial charge in [0.05, 0.1) is 25.4 Å². The van der Waals surface area contributed by atoms with Crippen LogP contribution in [-0.4, -0.2) is 30.9 Å². The highest BCUT2D eigenvalue weighted by Gasteiger charge is 2.26. The van der Waals surface area contributed by atoms with E-state index in [1.54, 1.807) is 0 Å². The molecule has 1 aliphatic rings. The summed E-state index contributed by atoms with van der Waals surface area (Å²) in [4.78, 5) is 0. The van der Waals surface area contributed by atoms with Crippen LogP contribution in [0.1, 0.15) is 39.2 Å². The van der Waals surface area contributed by atoms with Crippen molar-refractivity contribution >= 4 is 15.9 Å². The molecule has 0 radical (unpaired) electrons. The maximum absolute atomic E-state index is 6.02. The third kappa shape index (κ3) is 6.47. The molecule has 3 nitrogen and oxygen atoms in total. The van der Waals surface area contributed by atoms with Gasteiger partial charge in [-0.25, -0.2) is 0 Å². The molecular formula is C17H26BrNO2. The van der Waals surface area contributed by atoms with E-state index >= 15 is 0 Å². The lowest BCUT2D eigenvalue weighted by Crippen LogP contribution is -2.41. The number of hydrogen-bond donors (Lipinski definition) is 1. The largest absolute Gasteiger partial charge is 0.374 e. The molecule has 1 aliphatic heterocycles. The first-order valence-electron chi connectivity index (χ1n) is 7.65. The third-order valence-corrected chi connectivity index (χ3v) is 4.01. The van der Waals surface area contributed by atoms with Gasteiger partial charge in [0, 0.05) is 16.6 Å². The maximum Gasteiger partial charge on any atom is 0.0814 e. The molecule has 2 unspecified atom stereocenters. The minimum Gasteiger partial charge on any atom is -0.374 e. The molecule has 2 rings (SSSR count). The van der Waals surface area contributed by atoms with Crippen molar-refractivity contribution in [1.82, 2.24) is 5.32 Å². The predicted molar refractivity (Wildman–Crippen MR) is 89.4 cm³/mol. The zero-order valence-corrected chi connectivity index (χ0v) is 14.8. The molecule has 0 aliphatic carbocycles. The van der Waals surface area contributed by atoms with Crippen LogP contribution in [0.2, 0.25) is 0 Å². The third-order valence-electron chi connectivity index (χ3n) is 3.52. The monoisotopic (exact) mass is 355 g/mol. The summed E-state index contributed by atoms with van der Waals surface area (Å²) in [5.74, 6) is 0. The molecule has 1 heterocycles. The summed E-state index contributed by atoms with van der Waals surface area (Å²) in [6.45, 7) is 8.79. The highest BCUT2D eigenvalue weighted by molar-refractivity contribution is 9.10. The molecule has 1 aromatic rings. The zero-order valence-electron chi connectivity index (χ0n) is 13.2. The van der Waals surface area contributed by atoms with E-state index in [1.807, 2.05) is 12.1 Å². The topological polar surface area (TPSA) is 30.5 Å². The summed E-state index contributed by atoms with van der Waals surface area (Å²) >= 11 is 3.47. The predicted octanol–water partition coefficient (Wildman–Crippen LogP) is 3.90. The smallest absolute Gasteiger partial charge is 0.0814 e. The summed E-state index contributed by atoms with van der Waals surface area (Å²) in [7, 11) is 0. The van der Waals surface area contributed by atoms with E-state index in [0.29, 0.717) is 19.3 Å². The van der Waals surface area contributed by atoms with Gasteiger partial charge in [-0.1, -0.05) is 28.1 Å². The van der Waals surface area contributed by atoms with E-state index in [1.165, 1.54) is 5.56 Å². The van der Waals surface area contributed by atoms with Gasteiger partial charge in [-0.2, -0.15) is 0 Å². The lowest BCUT2D eigenvalue weighted by Gasteiger charge is -2.23. The second-order valence-electron chi connectivity index (χ2n) is 6.73. The maximum atomic E-state index is 6.02. The normalized spacial score (nSPS) is 22.7. The number of rotatable bonds is 6. The Kier molecular flexibility index (Phi) is 6.23. The van der Waals surface area contributed by atoms with E-state index in [0.717, 1.165) is 23.9 Å². The van der Waals surface area contributed by atoms with Gasteiger partial charge in [0.1, 0.15) is 0 Å². The van der Waals surface area contributed by atoms with Crippen molar-refractivity contribution in [2.24, 2.45) is 0 Å². The minimum atomic E-state index is 0.151. The van der Waals surface area contributed by atoms with Crippen molar-refractivity contribution < 1.29 is 9.47 Å². The van der Waals surface area contributed by atoms with Crippen LogP contribution in [0.4, 0.5) is 0 Å². The number of nitrogens with one attached hydrogen (secondary N) is 1. The highest BCUT2D eigenvalue weighted by atomic mass is 79.9. The molecule has 21 heavy (non-hydrogen) atoms. The zero-order chi connectivity index (χ0) is 15.3. The van der Waals surface area contributed by atoms with E-state index in [2.05, 4.69) is 54.2 Å². The van der Waals surface area contributed by atoms with Gasteiger partial charge >= 0.3 is 0 Å². The van der Waals surface area contributed by atoms with Crippen LogP contribution in [0.3, 0.4) is 0 Å². The fraction of sp³-hybridized carbons (Fsp3) is 0.647. The first kappa shape index (κ1) is 16.9. The Morgan fingerprint density at radius 3 is 2.76 bits per heavy atom. The Morgan fingerprint density at radius 2 is 2.05 bits per heavy atom. The quantitative estimate of drug-likeness (QED) is 0.839. The highest BCUT2D eigenvalue weighted by Crippen LogP contribution is 2.20. The van der Waals surface area contributed by atoms with Gasteiger partial charge in [-0.15, -0.1) is 0 Å². The number of ether oxygens (including phenoxy) is 2. The lowest BCUT2D eigenvalue weighted by atomic mass is 10.1. The van der Waals surface area contributed by atoms with Crippen LogP contribution < -0.4 is 5.32 Å². The van der Waals surface area contributed by atoms with E-state index in [4.69, 9.17) is 9.47 Å². The molecule has 4 heteroatoms. The molecule has 0 aromatic heterocycles. The van der Waals surface area contributed by atoms with Crippen LogP contribution in [0.25, 0.3) is 0 Å². The SMILES string of the molecule is CC(C)(C)NCC1CCC(COCc2cccc(Br)c2)O1. The molecule has 0 spiro atoms. The second-order valence-corrected chi connectivity index (χ2v) is 7.65. The van der Waals surface area contributed by atoms with Crippen LogP contribution in [-0.2, 0) is 16.1 Å². The Balaban J connectivity index is 1.64. The van der Waals surface area contributed by atoms with Crippen LogP contribution >= 0.6 is 15.9 Å². The van der Waals surface area contributed by atoms with Crippen LogP contribution in [0.15, 0.2) is 28.7 Å². The van der Waals surface area contributed by atoms with Crippen molar-refractivity contribution in [2.45, 2.75) is 58.0 Å². The van der Waals surface area contributed by atoms with Gasteiger partial charge in [-0.3, -0.25) is 0 Å². The summed E-state index contributed by atoms with van der Waals surface area (Å²) in [6.07, 6.45) is 2.77. The average molecular weight is 356 g/mol. The number of halogens is 1. The van der Waals surface area contributed by atoms with Crippen molar-refractivity contribution in [3.8, 4) is 0 Å². The standard InChI is InChI=1S/C17H26BrNO2/c1-17(2,3)19-10-15-7-8-16(21-15)12-20-11-13-5-4-6-14(18)9-13/h4-6,9,15-16,19H,7-8,10-12H2,1-3H3. The first-order valence-corrected chi connectivity index (χ1v) is 8.44. The summed E-state index contributed by atoms with van der Waals surface area (Å²) in [5, 5.41) is 3.50. The molecule has 1 aromatic carbocycles.